The van der Waals surface area contributed by atoms with Gasteiger partial charge in [-0.25, -0.2) is 8.93 Å². The highest BCUT2D eigenvalue weighted by atomic mass is 32.2. The lowest BCUT2D eigenvalue weighted by atomic mass is 10.1. The maximum absolute atomic E-state index is 11.1. The van der Waals surface area contributed by atoms with Gasteiger partial charge in [0, 0.05) is 0 Å². The van der Waals surface area contributed by atoms with Gasteiger partial charge in [-0.3, -0.25) is 0 Å². The molecule has 3 heteroatoms. The van der Waals surface area contributed by atoms with E-state index in [2.05, 4.69) is 4.72 Å². The third-order valence-electron chi connectivity index (χ3n) is 1.54. The van der Waals surface area contributed by atoms with Crippen LogP contribution >= 0.6 is 0 Å². The largest absolute Gasteiger partial charge is 0.242 e. The molecule has 0 rings (SSSR count). The van der Waals surface area contributed by atoms with Gasteiger partial charge in [-0.15, -0.1) is 0 Å². The van der Waals surface area contributed by atoms with E-state index >= 15 is 0 Å². The van der Waals surface area contributed by atoms with Crippen LogP contribution in [-0.4, -0.2) is 16.0 Å². The summed E-state index contributed by atoms with van der Waals surface area (Å²) in [5, 5.41) is 0. The quantitative estimate of drug-likeness (QED) is 0.638. The number of nitrogens with one attached hydrogen (secondary N) is 1. The van der Waals surface area contributed by atoms with Crippen molar-refractivity contribution in [3.63, 3.8) is 0 Å². The Bertz CT molecular complexity index is 112. The molecule has 0 saturated carbocycles. The second-order valence-corrected chi connectivity index (χ2v) is 4.64. The molecular weight excluding hydrogens is 134 g/mol. The van der Waals surface area contributed by atoms with Gasteiger partial charge in [0.15, 0.2) is 0 Å². The second kappa shape index (κ2) is 3.32. The van der Waals surface area contributed by atoms with Gasteiger partial charge in [-0.2, -0.15) is 0 Å². The Hall–Kier alpha value is 0.110. The molecule has 0 radical (unpaired) electrons. The predicted octanol–water partition coefficient (Wildman–Crippen LogP) is 1.06. The minimum Gasteiger partial charge on any atom is -0.242 e. The highest BCUT2D eigenvalue weighted by Crippen LogP contribution is 2.14. The summed E-state index contributed by atoms with van der Waals surface area (Å²) in [5.74, 6) is 0. The van der Waals surface area contributed by atoms with Crippen LogP contribution in [0.2, 0.25) is 0 Å². The van der Waals surface area contributed by atoms with Crippen molar-refractivity contribution < 1.29 is 4.21 Å². The van der Waals surface area contributed by atoms with Crippen LogP contribution in [0.1, 0.15) is 27.2 Å². The molecule has 0 fully saturated rings. The van der Waals surface area contributed by atoms with Gasteiger partial charge in [-0.05, 0) is 27.3 Å². The van der Waals surface area contributed by atoms with E-state index in [1.165, 1.54) is 0 Å². The lowest BCUT2D eigenvalue weighted by Gasteiger charge is -2.20. The van der Waals surface area contributed by atoms with Crippen molar-refractivity contribution >= 4 is 11.0 Å². The average Bonchev–Trinajstić information content (AvgIpc) is 1.86. The summed E-state index contributed by atoms with van der Waals surface area (Å²) in [5.41, 5.74) is 0. The first-order valence-electron chi connectivity index (χ1n) is 3.14. The van der Waals surface area contributed by atoms with Crippen LogP contribution in [0, 0.1) is 0 Å². The van der Waals surface area contributed by atoms with Crippen LogP contribution in [0.4, 0.5) is 0 Å². The van der Waals surface area contributed by atoms with Crippen molar-refractivity contribution in [2.45, 2.75) is 31.9 Å². The lowest BCUT2D eigenvalue weighted by Crippen LogP contribution is -2.33. The summed E-state index contributed by atoms with van der Waals surface area (Å²) in [4.78, 5) is 0. The van der Waals surface area contributed by atoms with E-state index < -0.39 is 11.0 Å². The monoisotopic (exact) mass is 149 g/mol. The molecule has 1 unspecified atom stereocenters. The third-order valence-corrected chi connectivity index (χ3v) is 3.20. The highest BCUT2D eigenvalue weighted by Gasteiger charge is 2.21. The van der Waals surface area contributed by atoms with Crippen molar-refractivity contribution in [2.24, 2.45) is 0 Å². The molecule has 0 spiro atoms. The van der Waals surface area contributed by atoms with Gasteiger partial charge < -0.3 is 0 Å². The first kappa shape index (κ1) is 9.11. The summed E-state index contributed by atoms with van der Waals surface area (Å²) in [7, 11) is 0.828. The van der Waals surface area contributed by atoms with E-state index in [9.17, 15) is 4.21 Å². The summed E-state index contributed by atoms with van der Waals surface area (Å²) < 4.78 is 13.7. The lowest BCUT2D eigenvalue weighted by molar-refractivity contribution is 0.606. The van der Waals surface area contributed by atoms with Crippen LogP contribution in [0.25, 0.3) is 0 Å². The Balaban J connectivity index is 3.97. The summed E-state index contributed by atoms with van der Waals surface area (Å²) >= 11 is 0. The van der Waals surface area contributed by atoms with E-state index in [0.29, 0.717) is 0 Å². The Morgan fingerprint density at radius 2 is 2.00 bits per heavy atom. The Labute approximate surface area is 59.6 Å². The molecule has 0 aliphatic heterocycles. The van der Waals surface area contributed by atoms with E-state index in [4.69, 9.17) is 0 Å². The highest BCUT2D eigenvalue weighted by molar-refractivity contribution is 7.84. The van der Waals surface area contributed by atoms with Crippen molar-refractivity contribution in [3.8, 4) is 0 Å². The van der Waals surface area contributed by atoms with Gasteiger partial charge in [0.25, 0.3) is 0 Å². The zero-order valence-electron chi connectivity index (χ0n) is 6.52. The molecule has 0 aliphatic rings. The van der Waals surface area contributed by atoms with Crippen molar-refractivity contribution in [3.05, 3.63) is 0 Å². The molecule has 1 N–H and O–H groups in total. The van der Waals surface area contributed by atoms with Crippen molar-refractivity contribution in [1.29, 1.82) is 0 Å². The Morgan fingerprint density at radius 1 is 1.56 bits per heavy atom. The standard InChI is InChI=1S/C6H15NOS/c1-5-6(2,3)9(8)7-4/h7H,5H2,1-4H3. The molecule has 0 aromatic carbocycles. The number of hydrogen-bond donors (Lipinski definition) is 1. The maximum Gasteiger partial charge on any atom is 0.0970 e. The Kier molecular flexibility index (Phi) is 3.36. The normalized spacial score (nSPS) is 15.6. The molecule has 0 bridgehead atoms. The SMILES string of the molecule is CCC(C)(C)S(=O)NC. The van der Waals surface area contributed by atoms with Gasteiger partial charge >= 0.3 is 0 Å². The van der Waals surface area contributed by atoms with Gasteiger partial charge in [0.2, 0.25) is 0 Å². The topological polar surface area (TPSA) is 29.1 Å². The van der Waals surface area contributed by atoms with Crippen LogP contribution < -0.4 is 4.72 Å². The second-order valence-electron chi connectivity index (χ2n) is 2.59. The zero-order chi connectivity index (χ0) is 7.49. The first-order valence-corrected chi connectivity index (χ1v) is 4.29. The number of hydrogen-bond acceptors (Lipinski definition) is 1. The molecule has 9 heavy (non-hydrogen) atoms. The van der Waals surface area contributed by atoms with Crippen molar-refractivity contribution in [1.82, 2.24) is 4.72 Å². The van der Waals surface area contributed by atoms with E-state index in [0.717, 1.165) is 6.42 Å². The molecule has 2 nitrogen and oxygen atoms in total. The van der Waals surface area contributed by atoms with Crippen molar-refractivity contribution in [2.75, 3.05) is 7.05 Å². The van der Waals surface area contributed by atoms with Crippen LogP contribution in [0.3, 0.4) is 0 Å². The minimum absolute atomic E-state index is 0.0885. The predicted molar refractivity (Wildman–Crippen MR) is 41.6 cm³/mol. The minimum atomic E-state index is -0.887. The molecule has 0 amide bonds. The number of rotatable bonds is 3. The van der Waals surface area contributed by atoms with Crippen LogP contribution in [0.15, 0.2) is 0 Å². The fourth-order valence-electron chi connectivity index (χ4n) is 0.407. The van der Waals surface area contributed by atoms with E-state index in [1.54, 1.807) is 7.05 Å². The fourth-order valence-corrected chi connectivity index (χ4v) is 1.22. The Morgan fingerprint density at radius 3 is 2.11 bits per heavy atom. The summed E-state index contributed by atoms with van der Waals surface area (Å²) in [6.07, 6.45) is 0.931. The van der Waals surface area contributed by atoms with Gasteiger partial charge in [-0.1, -0.05) is 6.92 Å². The molecule has 56 valence electrons. The third kappa shape index (κ3) is 2.45. The van der Waals surface area contributed by atoms with Gasteiger partial charge in [0.05, 0.1) is 15.7 Å². The smallest absolute Gasteiger partial charge is 0.0970 e. The molecular formula is C6H15NOS. The zero-order valence-corrected chi connectivity index (χ0v) is 7.34. The van der Waals surface area contributed by atoms with Crippen LogP contribution in [-0.2, 0) is 11.0 Å². The first-order chi connectivity index (χ1) is 4.04. The average molecular weight is 149 g/mol. The molecule has 0 aromatic rings. The summed E-state index contributed by atoms with van der Waals surface area (Å²) in [6, 6.07) is 0. The van der Waals surface area contributed by atoms with E-state index in [1.807, 2.05) is 20.8 Å². The summed E-state index contributed by atoms with van der Waals surface area (Å²) in [6.45, 7) is 6.01. The fraction of sp³-hybridized carbons (Fsp3) is 1.00. The van der Waals surface area contributed by atoms with Crippen LogP contribution in [0.5, 0.6) is 0 Å². The molecule has 0 saturated heterocycles. The molecule has 1 atom stereocenters. The van der Waals surface area contributed by atoms with E-state index in [-0.39, 0.29) is 4.75 Å². The van der Waals surface area contributed by atoms with Gasteiger partial charge in [0.1, 0.15) is 0 Å². The maximum atomic E-state index is 11.1. The molecule has 0 aliphatic carbocycles. The molecule has 0 aromatic heterocycles. The molecule has 0 heterocycles.